The molecule has 0 bridgehead atoms. The zero-order valence-electron chi connectivity index (χ0n) is 15.8. The molecule has 2 amide bonds. The Kier molecular flexibility index (Phi) is 6.15. The number of aromatic nitrogens is 4. The second-order valence-corrected chi connectivity index (χ2v) is 7.07. The number of anilines is 1. The Morgan fingerprint density at radius 1 is 1.33 bits per heavy atom. The standard InChI is InChI=1S/C19H18ClFN6O3/c20-14-9-12(1-2-15(14)21)24-19(28)27-7-3-13(4-8-27)29-11-17-25-18(26-30-17)16-10-22-5-6-23-16/h1-2,5-6,9-10,13H,3-4,7-8,11H2,(H,24,28). The number of ether oxygens (including phenoxy) is 1. The molecule has 156 valence electrons. The number of nitrogens with zero attached hydrogens (tertiary/aromatic N) is 5. The summed E-state index contributed by atoms with van der Waals surface area (Å²) in [5, 5.41) is 6.56. The van der Waals surface area contributed by atoms with E-state index in [1.54, 1.807) is 23.5 Å². The molecule has 9 nitrogen and oxygen atoms in total. The first-order valence-corrected chi connectivity index (χ1v) is 9.68. The van der Waals surface area contributed by atoms with E-state index in [1.165, 1.54) is 18.2 Å². The lowest BCUT2D eigenvalue weighted by Crippen LogP contribution is -2.43. The molecule has 3 heterocycles. The third-order valence-electron chi connectivity index (χ3n) is 4.60. The summed E-state index contributed by atoms with van der Waals surface area (Å²) in [6.07, 6.45) is 5.98. The van der Waals surface area contributed by atoms with Crippen LogP contribution in [0.4, 0.5) is 14.9 Å². The van der Waals surface area contributed by atoms with Crippen molar-refractivity contribution < 1.29 is 18.4 Å². The monoisotopic (exact) mass is 432 g/mol. The molecule has 1 fully saturated rings. The number of amides is 2. The van der Waals surface area contributed by atoms with E-state index < -0.39 is 5.82 Å². The van der Waals surface area contributed by atoms with Crippen molar-refractivity contribution in [3.05, 3.63) is 53.5 Å². The molecule has 30 heavy (non-hydrogen) atoms. The summed E-state index contributed by atoms with van der Waals surface area (Å²) in [6.45, 7) is 1.23. The van der Waals surface area contributed by atoms with Gasteiger partial charge in [0.25, 0.3) is 5.89 Å². The minimum absolute atomic E-state index is 0.0267. The summed E-state index contributed by atoms with van der Waals surface area (Å²) in [7, 11) is 0. The van der Waals surface area contributed by atoms with E-state index in [9.17, 15) is 9.18 Å². The Labute approximate surface area is 176 Å². The number of likely N-dealkylation sites (tertiary alicyclic amines) is 1. The fourth-order valence-electron chi connectivity index (χ4n) is 3.02. The van der Waals surface area contributed by atoms with Crippen molar-refractivity contribution in [2.75, 3.05) is 18.4 Å². The first-order chi connectivity index (χ1) is 14.6. The largest absolute Gasteiger partial charge is 0.368 e. The molecule has 2 aromatic heterocycles. The van der Waals surface area contributed by atoms with Crippen LogP contribution >= 0.6 is 11.6 Å². The van der Waals surface area contributed by atoms with Gasteiger partial charge in [-0.15, -0.1) is 0 Å². The molecule has 0 saturated carbocycles. The lowest BCUT2D eigenvalue weighted by Gasteiger charge is -2.31. The second kappa shape index (κ2) is 9.14. The average molecular weight is 433 g/mol. The van der Waals surface area contributed by atoms with Gasteiger partial charge in [0, 0.05) is 31.2 Å². The van der Waals surface area contributed by atoms with Gasteiger partial charge in [0.15, 0.2) is 0 Å². The number of urea groups is 1. The van der Waals surface area contributed by atoms with E-state index in [-0.39, 0.29) is 23.8 Å². The number of carbonyl (C=O) groups excluding carboxylic acids is 1. The highest BCUT2D eigenvalue weighted by atomic mass is 35.5. The van der Waals surface area contributed by atoms with Crippen LogP contribution in [0.15, 0.2) is 41.3 Å². The predicted octanol–water partition coefficient (Wildman–Crippen LogP) is 3.53. The quantitative estimate of drug-likeness (QED) is 0.657. The van der Waals surface area contributed by atoms with Crippen LogP contribution in [0, 0.1) is 5.82 Å². The van der Waals surface area contributed by atoms with Gasteiger partial charge in [-0.2, -0.15) is 4.98 Å². The predicted molar refractivity (Wildman–Crippen MR) is 105 cm³/mol. The van der Waals surface area contributed by atoms with Gasteiger partial charge >= 0.3 is 6.03 Å². The van der Waals surface area contributed by atoms with E-state index in [2.05, 4.69) is 25.4 Å². The number of benzene rings is 1. The summed E-state index contributed by atoms with van der Waals surface area (Å²) < 4.78 is 24.3. The van der Waals surface area contributed by atoms with Crippen molar-refractivity contribution in [1.29, 1.82) is 0 Å². The second-order valence-electron chi connectivity index (χ2n) is 6.66. The number of carbonyl (C=O) groups is 1. The van der Waals surface area contributed by atoms with Crippen molar-refractivity contribution in [2.45, 2.75) is 25.6 Å². The molecule has 0 atom stereocenters. The van der Waals surface area contributed by atoms with Crippen LogP contribution in [0.2, 0.25) is 5.02 Å². The Bertz CT molecular complexity index is 1010. The highest BCUT2D eigenvalue weighted by molar-refractivity contribution is 6.31. The molecule has 0 radical (unpaired) electrons. The normalized spacial score (nSPS) is 14.7. The number of nitrogens with one attached hydrogen (secondary N) is 1. The van der Waals surface area contributed by atoms with Crippen LogP contribution in [0.25, 0.3) is 11.5 Å². The molecule has 0 unspecified atom stereocenters. The fourth-order valence-corrected chi connectivity index (χ4v) is 3.20. The first-order valence-electron chi connectivity index (χ1n) is 9.30. The Morgan fingerprint density at radius 2 is 2.17 bits per heavy atom. The molecule has 1 aliphatic heterocycles. The van der Waals surface area contributed by atoms with Gasteiger partial charge in [0.1, 0.15) is 18.1 Å². The maximum Gasteiger partial charge on any atom is 0.321 e. The molecular formula is C19H18ClFN6O3. The van der Waals surface area contributed by atoms with Crippen molar-refractivity contribution in [3.63, 3.8) is 0 Å². The lowest BCUT2D eigenvalue weighted by atomic mass is 10.1. The van der Waals surface area contributed by atoms with Crippen molar-refractivity contribution >= 4 is 23.3 Å². The molecule has 0 aliphatic carbocycles. The third-order valence-corrected chi connectivity index (χ3v) is 4.89. The van der Waals surface area contributed by atoms with E-state index >= 15 is 0 Å². The van der Waals surface area contributed by atoms with Gasteiger partial charge < -0.3 is 19.5 Å². The van der Waals surface area contributed by atoms with E-state index in [4.69, 9.17) is 20.9 Å². The molecule has 4 rings (SSSR count). The molecule has 3 aromatic rings. The number of halogens is 2. The first kappa shape index (κ1) is 20.2. The number of hydrogen-bond donors (Lipinski definition) is 1. The Morgan fingerprint density at radius 3 is 2.90 bits per heavy atom. The molecular weight excluding hydrogens is 415 g/mol. The van der Waals surface area contributed by atoms with Crippen LogP contribution in [-0.4, -0.2) is 50.2 Å². The molecule has 1 aromatic carbocycles. The summed E-state index contributed by atoms with van der Waals surface area (Å²) >= 11 is 5.74. The van der Waals surface area contributed by atoms with Gasteiger partial charge in [-0.25, -0.2) is 14.2 Å². The maximum atomic E-state index is 13.2. The smallest absolute Gasteiger partial charge is 0.321 e. The lowest BCUT2D eigenvalue weighted by molar-refractivity contribution is -0.00532. The number of hydrogen-bond acceptors (Lipinski definition) is 7. The average Bonchev–Trinajstić information content (AvgIpc) is 3.25. The SMILES string of the molecule is O=C(Nc1ccc(F)c(Cl)c1)N1CCC(OCc2nc(-c3cnccn3)no2)CC1. The van der Waals surface area contributed by atoms with Crippen LogP contribution < -0.4 is 5.32 Å². The van der Waals surface area contributed by atoms with Gasteiger partial charge in [-0.3, -0.25) is 4.98 Å². The molecule has 1 aliphatic rings. The van der Waals surface area contributed by atoms with Crippen molar-refractivity contribution in [3.8, 4) is 11.5 Å². The molecule has 1 N–H and O–H groups in total. The van der Waals surface area contributed by atoms with E-state index in [0.717, 1.165) is 0 Å². The number of rotatable bonds is 5. The Hall–Kier alpha value is -3.11. The number of piperidine rings is 1. The fraction of sp³-hybridized carbons (Fsp3) is 0.316. The molecule has 11 heteroatoms. The zero-order valence-corrected chi connectivity index (χ0v) is 16.5. The van der Waals surface area contributed by atoms with Gasteiger partial charge in [0.2, 0.25) is 5.82 Å². The third kappa shape index (κ3) is 4.89. The molecule has 1 saturated heterocycles. The minimum Gasteiger partial charge on any atom is -0.368 e. The van der Waals surface area contributed by atoms with E-state index in [0.29, 0.717) is 49.0 Å². The van der Waals surface area contributed by atoms with Gasteiger partial charge in [-0.1, -0.05) is 16.8 Å². The summed E-state index contributed by atoms with van der Waals surface area (Å²) in [5.41, 5.74) is 0.967. The van der Waals surface area contributed by atoms with E-state index in [1.807, 2.05) is 0 Å². The van der Waals surface area contributed by atoms with Crippen molar-refractivity contribution in [1.82, 2.24) is 25.0 Å². The van der Waals surface area contributed by atoms with Crippen LogP contribution in [0.5, 0.6) is 0 Å². The summed E-state index contributed by atoms with van der Waals surface area (Å²) in [5.74, 6) is 0.177. The highest BCUT2D eigenvalue weighted by Crippen LogP contribution is 2.21. The minimum atomic E-state index is -0.530. The highest BCUT2D eigenvalue weighted by Gasteiger charge is 2.24. The van der Waals surface area contributed by atoms with Gasteiger partial charge in [0.05, 0.1) is 17.3 Å². The summed E-state index contributed by atoms with van der Waals surface area (Å²) in [4.78, 5) is 26.4. The van der Waals surface area contributed by atoms with Crippen LogP contribution in [-0.2, 0) is 11.3 Å². The Balaban J connectivity index is 1.23. The summed E-state index contributed by atoms with van der Waals surface area (Å²) in [6, 6.07) is 3.80. The van der Waals surface area contributed by atoms with Crippen molar-refractivity contribution in [2.24, 2.45) is 0 Å². The van der Waals surface area contributed by atoms with Crippen LogP contribution in [0.1, 0.15) is 18.7 Å². The molecule has 0 spiro atoms. The van der Waals surface area contributed by atoms with Crippen LogP contribution in [0.3, 0.4) is 0 Å². The zero-order chi connectivity index (χ0) is 20.9. The van der Waals surface area contributed by atoms with Gasteiger partial charge in [-0.05, 0) is 31.0 Å². The topological polar surface area (TPSA) is 106 Å². The maximum absolute atomic E-state index is 13.2.